The molecule has 19 heavy (non-hydrogen) atoms. The lowest BCUT2D eigenvalue weighted by Gasteiger charge is -2.44. The third kappa shape index (κ3) is 4.23. The first-order valence-electron chi connectivity index (χ1n) is 7.79. The minimum absolute atomic E-state index is 0.0705. The van der Waals surface area contributed by atoms with Crippen molar-refractivity contribution in [2.45, 2.75) is 78.8 Å². The lowest BCUT2D eigenvalue weighted by atomic mass is 9.78. The predicted molar refractivity (Wildman–Crippen MR) is 79.7 cm³/mol. The van der Waals surface area contributed by atoms with Gasteiger partial charge in [-0.3, -0.25) is 0 Å². The molecule has 0 aromatic rings. The molecule has 1 fully saturated rings. The maximum absolute atomic E-state index is 6.19. The van der Waals surface area contributed by atoms with Crippen LogP contribution >= 0.6 is 0 Å². The van der Waals surface area contributed by atoms with Crippen molar-refractivity contribution in [2.75, 3.05) is 0 Å². The van der Waals surface area contributed by atoms with Gasteiger partial charge in [-0.15, -0.1) is 12.3 Å². The lowest BCUT2D eigenvalue weighted by Crippen LogP contribution is -2.46. The SMILES string of the molecule is C#CCCC(CC)O[C@@H]1OC(CC)[C@H](C)[C@H](C)C1C. The second-order valence-electron chi connectivity index (χ2n) is 5.94. The molecule has 1 aliphatic heterocycles. The van der Waals surface area contributed by atoms with Crippen molar-refractivity contribution in [2.24, 2.45) is 17.8 Å². The Morgan fingerprint density at radius 2 is 1.84 bits per heavy atom. The Bertz CT molecular complexity index is 292. The molecule has 110 valence electrons. The first-order chi connectivity index (χ1) is 9.04. The maximum atomic E-state index is 6.19. The molecule has 6 atom stereocenters. The minimum Gasteiger partial charge on any atom is -0.349 e. The molecule has 1 rings (SSSR count). The van der Waals surface area contributed by atoms with E-state index in [0.29, 0.717) is 23.9 Å². The van der Waals surface area contributed by atoms with Gasteiger partial charge in [-0.2, -0.15) is 0 Å². The van der Waals surface area contributed by atoms with Crippen LogP contribution in [0.1, 0.15) is 60.3 Å². The van der Waals surface area contributed by atoms with Crippen molar-refractivity contribution in [1.29, 1.82) is 0 Å². The highest BCUT2D eigenvalue weighted by molar-refractivity contribution is 4.85. The van der Waals surface area contributed by atoms with Gasteiger partial charge in [0.25, 0.3) is 0 Å². The number of rotatable bonds is 6. The Hall–Kier alpha value is -0.520. The Morgan fingerprint density at radius 1 is 1.16 bits per heavy atom. The zero-order valence-electron chi connectivity index (χ0n) is 13.2. The molecule has 3 unspecified atom stereocenters. The highest BCUT2D eigenvalue weighted by Crippen LogP contribution is 2.37. The third-order valence-corrected chi connectivity index (χ3v) is 4.78. The molecule has 0 aromatic carbocycles. The summed E-state index contributed by atoms with van der Waals surface area (Å²) < 4.78 is 12.4. The zero-order chi connectivity index (χ0) is 14.4. The van der Waals surface area contributed by atoms with Gasteiger partial charge in [0.15, 0.2) is 6.29 Å². The smallest absolute Gasteiger partial charge is 0.161 e. The van der Waals surface area contributed by atoms with E-state index < -0.39 is 0 Å². The van der Waals surface area contributed by atoms with Crippen LogP contribution in [0, 0.1) is 30.1 Å². The van der Waals surface area contributed by atoms with Crippen LogP contribution in [0.2, 0.25) is 0 Å². The van der Waals surface area contributed by atoms with Gasteiger partial charge in [0.2, 0.25) is 0 Å². The molecule has 0 saturated carbocycles. The molecule has 1 saturated heterocycles. The molecule has 0 bridgehead atoms. The molecule has 2 nitrogen and oxygen atoms in total. The third-order valence-electron chi connectivity index (χ3n) is 4.78. The van der Waals surface area contributed by atoms with Gasteiger partial charge in [0, 0.05) is 12.3 Å². The summed E-state index contributed by atoms with van der Waals surface area (Å²) in [5, 5.41) is 0. The van der Waals surface area contributed by atoms with E-state index in [2.05, 4.69) is 40.5 Å². The summed E-state index contributed by atoms with van der Waals surface area (Å²) in [6, 6.07) is 0. The van der Waals surface area contributed by atoms with Crippen LogP contribution in [0.15, 0.2) is 0 Å². The van der Waals surface area contributed by atoms with Gasteiger partial charge < -0.3 is 9.47 Å². The van der Waals surface area contributed by atoms with Gasteiger partial charge in [-0.1, -0.05) is 34.6 Å². The van der Waals surface area contributed by atoms with Crippen LogP contribution in [-0.4, -0.2) is 18.5 Å². The fourth-order valence-corrected chi connectivity index (χ4v) is 2.91. The molecule has 0 N–H and O–H groups in total. The van der Waals surface area contributed by atoms with E-state index in [1.807, 2.05) is 0 Å². The summed E-state index contributed by atoms with van der Waals surface area (Å²) in [6.45, 7) is 11.2. The van der Waals surface area contributed by atoms with Crippen molar-refractivity contribution < 1.29 is 9.47 Å². The molecule has 0 amide bonds. The van der Waals surface area contributed by atoms with Gasteiger partial charge >= 0.3 is 0 Å². The van der Waals surface area contributed by atoms with Gasteiger partial charge in [-0.25, -0.2) is 0 Å². The van der Waals surface area contributed by atoms with Crippen LogP contribution in [0.3, 0.4) is 0 Å². The summed E-state index contributed by atoms with van der Waals surface area (Å²) in [5.74, 6) is 4.37. The normalized spacial score (nSPS) is 36.7. The molecular weight excluding hydrogens is 236 g/mol. The Morgan fingerprint density at radius 3 is 2.37 bits per heavy atom. The van der Waals surface area contributed by atoms with Crippen LogP contribution in [0.4, 0.5) is 0 Å². The fourth-order valence-electron chi connectivity index (χ4n) is 2.91. The van der Waals surface area contributed by atoms with Crippen LogP contribution in [-0.2, 0) is 9.47 Å². The Kier molecular flexibility index (Phi) is 6.89. The second-order valence-corrected chi connectivity index (χ2v) is 5.94. The summed E-state index contributed by atoms with van der Waals surface area (Å²) in [4.78, 5) is 0. The summed E-state index contributed by atoms with van der Waals surface area (Å²) in [5.41, 5.74) is 0. The number of hydrogen-bond acceptors (Lipinski definition) is 2. The quantitative estimate of drug-likeness (QED) is 0.670. The molecule has 0 aliphatic carbocycles. The zero-order valence-corrected chi connectivity index (χ0v) is 13.2. The van der Waals surface area contributed by atoms with Crippen molar-refractivity contribution in [3.8, 4) is 12.3 Å². The minimum atomic E-state index is -0.0705. The molecule has 0 radical (unpaired) electrons. The van der Waals surface area contributed by atoms with E-state index in [1.54, 1.807) is 0 Å². The second kappa shape index (κ2) is 7.92. The molecular formula is C17H30O2. The fraction of sp³-hybridized carbons (Fsp3) is 0.882. The highest BCUT2D eigenvalue weighted by Gasteiger charge is 2.39. The molecule has 1 aliphatic rings. The van der Waals surface area contributed by atoms with E-state index in [0.717, 1.165) is 25.7 Å². The first kappa shape index (κ1) is 16.5. The molecule has 1 heterocycles. The van der Waals surface area contributed by atoms with E-state index >= 15 is 0 Å². The largest absolute Gasteiger partial charge is 0.349 e. The van der Waals surface area contributed by atoms with E-state index in [9.17, 15) is 0 Å². The van der Waals surface area contributed by atoms with Gasteiger partial charge in [-0.05, 0) is 31.1 Å². The monoisotopic (exact) mass is 266 g/mol. The standard InChI is InChI=1S/C17H30O2/c1-7-10-11-15(8-2)18-17-14(6)12(4)13(5)16(9-3)19-17/h1,12-17H,8-11H2,2-6H3/t12-,13+,14?,15?,16?,17+/m0/s1. The van der Waals surface area contributed by atoms with E-state index in [-0.39, 0.29) is 12.4 Å². The average molecular weight is 266 g/mol. The predicted octanol–water partition coefficient (Wildman–Crippen LogP) is 4.24. The van der Waals surface area contributed by atoms with E-state index in [1.165, 1.54) is 0 Å². The van der Waals surface area contributed by atoms with E-state index in [4.69, 9.17) is 15.9 Å². The van der Waals surface area contributed by atoms with Crippen LogP contribution in [0.25, 0.3) is 0 Å². The van der Waals surface area contributed by atoms with Crippen LogP contribution in [0.5, 0.6) is 0 Å². The Labute approximate surface area is 119 Å². The van der Waals surface area contributed by atoms with Gasteiger partial charge in [0.05, 0.1) is 12.2 Å². The van der Waals surface area contributed by atoms with Crippen molar-refractivity contribution in [3.63, 3.8) is 0 Å². The van der Waals surface area contributed by atoms with Gasteiger partial charge in [0.1, 0.15) is 0 Å². The number of ether oxygens (including phenoxy) is 2. The molecule has 0 spiro atoms. The summed E-state index contributed by atoms with van der Waals surface area (Å²) in [6.07, 6.45) is 9.57. The highest BCUT2D eigenvalue weighted by atomic mass is 16.7. The first-order valence-corrected chi connectivity index (χ1v) is 7.79. The Balaban J connectivity index is 2.62. The molecule has 0 aromatic heterocycles. The van der Waals surface area contributed by atoms with Crippen molar-refractivity contribution in [3.05, 3.63) is 0 Å². The average Bonchev–Trinajstić information content (AvgIpc) is 2.43. The maximum Gasteiger partial charge on any atom is 0.161 e. The van der Waals surface area contributed by atoms with Crippen molar-refractivity contribution >= 4 is 0 Å². The summed E-state index contributed by atoms with van der Waals surface area (Å²) >= 11 is 0. The summed E-state index contributed by atoms with van der Waals surface area (Å²) in [7, 11) is 0. The lowest BCUT2D eigenvalue weighted by molar-refractivity contribution is -0.264. The van der Waals surface area contributed by atoms with Crippen LogP contribution < -0.4 is 0 Å². The molecule has 2 heteroatoms. The van der Waals surface area contributed by atoms with Crippen molar-refractivity contribution in [1.82, 2.24) is 0 Å². The number of hydrogen-bond donors (Lipinski definition) is 0. The topological polar surface area (TPSA) is 18.5 Å². The number of terminal acetylenes is 1.